The number of benzene rings is 2. The van der Waals surface area contributed by atoms with E-state index in [1.165, 1.54) is 43.7 Å². The van der Waals surface area contributed by atoms with Gasteiger partial charge >= 0.3 is 0 Å². The fourth-order valence-electron chi connectivity index (χ4n) is 4.07. The van der Waals surface area contributed by atoms with Crippen molar-refractivity contribution in [3.05, 3.63) is 65.7 Å². The molecule has 28 heavy (non-hydrogen) atoms. The zero-order chi connectivity index (χ0) is 19.9. The first-order chi connectivity index (χ1) is 13.6. The van der Waals surface area contributed by atoms with Crippen LogP contribution in [0.1, 0.15) is 63.9 Å². The summed E-state index contributed by atoms with van der Waals surface area (Å²) in [5, 5.41) is 0. The average Bonchev–Trinajstić information content (AvgIpc) is 2.74. The van der Waals surface area contributed by atoms with Crippen LogP contribution >= 0.6 is 0 Å². The van der Waals surface area contributed by atoms with Gasteiger partial charge < -0.3 is 4.74 Å². The molecule has 0 radical (unpaired) electrons. The van der Waals surface area contributed by atoms with Crippen LogP contribution in [0.4, 0.5) is 8.78 Å². The number of allylic oxidation sites excluding steroid dienone is 2. The maximum atomic E-state index is 14.5. The molecule has 0 saturated heterocycles. The SMILES string of the molecule is C/C=C\CC1CCC(c2ccc(-c3ccc(OCCC)c(F)c3F)cc2)CC1. The highest BCUT2D eigenvalue weighted by atomic mass is 19.2. The number of halogens is 2. The van der Waals surface area contributed by atoms with Gasteiger partial charge in [0.1, 0.15) is 0 Å². The fraction of sp³-hybridized carbons (Fsp3) is 0.440. The lowest BCUT2D eigenvalue weighted by Gasteiger charge is -2.28. The third-order valence-electron chi connectivity index (χ3n) is 5.75. The molecule has 0 bridgehead atoms. The second kappa shape index (κ2) is 9.86. The lowest BCUT2D eigenvalue weighted by Crippen LogP contribution is -2.12. The van der Waals surface area contributed by atoms with Gasteiger partial charge in [0.25, 0.3) is 0 Å². The highest BCUT2D eigenvalue weighted by molar-refractivity contribution is 5.65. The maximum absolute atomic E-state index is 14.5. The average molecular weight is 385 g/mol. The molecule has 0 spiro atoms. The second-order valence-corrected chi connectivity index (χ2v) is 7.73. The van der Waals surface area contributed by atoms with Gasteiger partial charge in [-0.3, -0.25) is 0 Å². The molecule has 0 aliphatic heterocycles. The quantitative estimate of drug-likeness (QED) is 0.445. The first-order valence-electron chi connectivity index (χ1n) is 10.5. The Morgan fingerprint density at radius 3 is 2.32 bits per heavy atom. The highest BCUT2D eigenvalue weighted by Crippen LogP contribution is 2.38. The van der Waals surface area contributed by atoms with Crippen LogP contribution in [0, 0.1) is 17.6 Å². The van der Waals surface area contributed by atoms with E-state index in [9.17, 15) is 8.78 Å². The van der Waals surface area contributed by atoms with Crippen LogP contribution < -0.4 is 4.74 Å². The van der Waals surface area contributed by atoms with Crippen LogP contribution in [-0.2, 0) is 0 Å². The molecule has 3 heteroatoms. The monoisotopic (exact) mass is 384 g/mol. The Labute approximate surface area is 167 Å². The molecule has 2 aromatic rings. The normalized spacial score (nSPS) is 19.9. The lowest BCUT2D eigenvalue weighted by atomic mass is 9.77. The van der Waals surface area contributed by atoms with E-state index in [4.69, 9.17) is 4.74 Å². The molecule has 1 fully saturated rings. The van der Waals surface area contributed by atoms with Crippen molar-refractivity contribution in [2.45, 2.75) is 58.3 Å². The van der Waals surface area contributed by atoms with Crippen LogP contribution in [0.15, 0.2) is 48.6 Å². The van der Waals surface area contributed by atoms with Crippen molar-refractivity contribution in [3.8, 4) is 16.9 Å². The zero-order valence-corrected chi connectivity index (χ0v) is 16.9. The second-order valence-electron chi connectivity index (χ2n) is 7.73. The van der Waals surface area contributed by atoms with E-state index in [2.05, 4.69) is 31.2 Å². The van der Waals surface area contributed by atoms with Crippen LogP contribution in [0.3, 0.4) is 0 Å². The minimum atomic E-state index is -0.908. The summed E-state index contributed by atoms with van der Waals surface area (Å²) in [4.78, 5) is 0. The summed E-state index contributed by atoms with van der Waals surface area (Å²) in [6, 6.07) is 11.1. The summed E-state index contributed by atoms with van der Waals surface area (Å²) in [7, 11) is 0. The maximum Gasteiger partial charge on any atom is 0.201 e. The molecule has 0 aromatic heterocycles. The Kier molecular flexibility index (Phi) is 7.24. The van der Waals surface area contributed by atoms with Crippen LogP contribution in [0.5, 0.6) is 5.75 Å². The van der Waals surface area contributed by atoms with E-state index < -0.39 is 11.6 Å². The molecule has 0 N–H and O–H groups in total. The third-order valence-corrected chi connectivity index (χ3v) is 5.75. The molecule has 1 aliphatic rings. The van der Waals surface area contributed by atoms with E-state index in [-0.39, 0.29) is 11.3 Å². The predicted molar refractivity (Wildman–Crippen MR) is 112 cm³/mol. The Hall–Kier alpha value is -2.16. The Balaban J connectivity index is 1.69. The van der Waals surface area contributed by atoms with E-state index in [0.29, 0.717) is 18.1 Å². The van der Waals surface area contributed by atoms with Crippen molar-refractivity contribution in [2.75, 3.05) is 6.61 Å². The molecule has 0 heterocycles. The van der Waals surface area contributed by atoms with Crippen LogP contribution in [-0.4, -0.2) is 6.61 Å². The molecule has 1 aliphatic carbocycles. The minimum absolute atomic E-state index is 0.0191. The van der Waals surface area contributed by atoms with Crippen molar-refractivity contribution in [2.24, 2.45) is 5.92 Å². The first kappa shape index (κ1) is 20.6. The van der Waals surface area contributed by atoms with Gasteiger partial charge in [0.2, 0.25) is 5.82 Å². The van der Waals surface area contributed by atoms with Gasteiger partial charge in [-0.05, 0) is 80.5 Å². The van der Waals surface area contributed by atoms with Crippen LogP contribution in [0.2, 0.25) is 0 Å². The van der Waals surface area contributed by atoms with Crippen LogP contribution in [0.25, 0.3) is 11.1 Å². The summed E-state index contributed by atoms with van der Waals surface area (Å²) in [6.07, 6.45) is 11.3. The van der Waals surface area contributed by atoms with Gasteiger partial charge in [-0.1, -0.05) is 43.3 Å². The van der Waals surface area contributed by atoms with Crippen molar-refractivity contribution >= 4 is 0 Å². The van der Waals surface area contributed by atoms with Crippen molar-refractivity contribution in [3.63, 3.8) is 0 Å². The Bertz CT molecular complexity index is 787. The molecule has 1 nitrogen and oxygen atoms in total. The van der Waals surface area contributed by atoms with Crippen molar-refractivity contribution < 1.29 is 13.5 Å². The number of hydrogen-bond donors (Lipinski definition) is 0. The predicted octanol–water partition coefficient (Wildman–Crippen LogP) is 7.66. The number of rotatable bonds is 7. The van der Waals surface area contributed by atoms with Gasteiger partial charge in [0.15, 0.2) is 11.6 Å². The van der Waals surface area contributed by atoms with E-state index >= 15 is 0 Å². The molecule has 2 aromatic carbocycles. The topological polar surface area (TPSA) is 9.23 Å². The van der Waals surface area contributed by atoms with Gasteiger partial charge in [-0.25, -0.2) is 4.39 Å². The standard InChI is InChI=1S/C25H30F2O/c1-3-5-6-18-7-9-19(10-8-18)20-11-13-21(14-12-20)22-15-16-23(28-17-4-2)25(27)24(22)26/h3,5,11-16,18-19H,4,6-10,17H2,1-2H3/b5-3-. The smallest absolute Gasteiger partial charge is 0.201 e. The van der Waals surface area contributed by atoms with E-state index in [1.807, 2.05) is 19.1 Å². The molecule has 150 valence electrons. The van der Waals surface area contributed by atoms with Gasteiger partial charge in [0.05, 0.1) is 6.61 Å². The van der Waals surface area contributed by atoms with Crippen molar-refractivity contribution in [1.82, 2.24) is 0 Å². The van der Waals surface area contributed by atoms with Crippen molar-refractivity contribution in [1.29, 1.82) is 0 Å². The minimum Gasteiger partial charge on any atom is -0.490 e. The first-order valence-corrected chi connectivity index (χ1v) is 10.5. The molecular weight excluding hydrogens is 354 g/mol. The van der Waals surface area contributed by atoms with Gasteiger partial charge in [0, 0.05) is 5.56 Å². The molecular formula is C25H30F2O. The summed E-state index contributed by atoms with van der Waals surface area (Å²) in [5.74, 6) is -0.394. The molecule has 1 saturated carbocycles. The number of ether oxygens (including phenoxy) is 1. The fourth-order valence-corrected chi connectivity index (χ4v) is 4.07. The summed E-state index contributed by atoms with van der Waals surface area (Å²) >= 11 is 0. The number of hydrogen-bond acceptors (Lipinski definition) is 1. The molecule has 0 unspecified atom stereocenters. The highest BCUT2D eigenvalue weighted by Gasteiger charge is 2.22. The summed E-state index contributed by atoms with van der Waals surface area (Å²) in [5.41, 5.74) is 2.28. The van der Waals surface area contributed by atoms with E-state index in [0.717, 1.165) is 12.3 Å². The lowest BCUT2D eigenvalue weighted by molar-refractivity contribution is 0.295. The Morgan fingerprint density at radius 2 is 1.68 bits per heavy atom. The molecule has 0 amide bonds. The van der Waals surface area contributed by atoms with Gasteiger partial charge in [-0.2, -0.15) is 4.39 Å². The van der Waals surface area contributed by atoms with Gasteiger partial charge in [-0.15, -0.1) is 0 Å². The van der Waals surface area contributed by atoms with E-state index in [1.54, 1.807) is 6.07 Å². The summed E-state index contributed by atoms with van der Waals surface area (Å²) < 4.78 is 34.0. The molecule has 0 atom stereocenters. The third kappa shape index (κ3) is 4.81. The largest absolute Gasteiger partial charge is 0.490 e. The zero-order valence-electron chi connectivity index (χ0n) is 16.9. The molecule has 3 rings (SSSR count). The Morgan fingerprint density at radius 1 is 0.964 bits per heavy atom. The summed E-state index contributed by atoms with van der Waals surface area (Å²) in [6.45, 7) is 4.38.